The van der Waals surface area contributed by atoms with Crippen molar-refractivity contribution in [1.29, 1.82) is 0 Å². The molecule has 1 fully saturated rings. The van der Waals surface area contributed by atoms with Crippen LogP contribution in [0.25, 0.3) is 0 Å². The van der Waals surface area contributed by atoms with Crippen LogP contribution in [0.3, 0.4) is 0 Å². The highest BCUT2D eigenvalue weighted by atomic mass is 19.4. The number of hydrogen-bond donors (Lipinski definition) is 2. The predicted octanol–water partition coefficient (Wildman–Crippen LogP) is 2.00. The van der Waals surface area contributed by atoms with Gasteiger partial charge in [-0.25, -0.2) is 0 Å². The molecule has 1 saturated carbocycles. The van der Waals surface area contributed by atoms with Crippen molar-refractivity contribution in [3.05, 3.63) is 0 Å². The van der Waals surface area contributed by atoms with E-state index in [4.69, 9.17) is 5.11 Å². The number of alkyl halides is 5. The summed E-state index contributed by atoms with van der Waals surface area (Å²) in [4.78, 5) is 11.1. The molecule has 0 aromatic heterocycles. The maximum atomic E-state index is 12.8. The van der Waals surface area contributed by atoms with Gasteiger partial charge in [-0.2, -0.15) is 22.0 Å². The van der Waals surface area contributed by atoms with Gasteiger partial charge in [-0.1, -0.05) is 19.3 Å². The Morgan fingerprint density at radius 3 is 2.00 bits per heavy atom. The fourth-order valence-electron chi connectivity index (χ4n) is 2.00. The van der Waals surface area contributed by atoms with Crippen LogP contribution < -0.4 is 5.32 Å². The number of aliphatic hydroxyl groups is 1. The average Bonchev–Trinajstić information content (AvgIpc) is 2.28. The van der Waals surface area contributed by atoms with Crippen LogP contribution in [-0.4, -0.2) is 35.3 Å². The van der Waals surface area contributed by atoms with Gasteiger partial charge in [0.05, 0.1) is 12.1 Å². The molecule has 8 heteroatoms. The van der Waals surface area contributed by atoms with Crippen LogP contribution in [0.5, 0.6) is 0 Å². The molecule has 1 amide bonds. The van der Waals surface area contributed by atoms with Crippen molar-refractivity contribution in [2.75, 3.05) is 6.61 Å². The van der Waals surface area contributed by atoms with Crippen molar-refractivity contribution in [2.45, 2.75) is 49.7 Å². The molecule has 0 aromatic rings. The minimum atomic E-state index is -5.93. The van der Waals surface area contributed by atoms with E-state index in [1.54, 1.807) is 5.32 Å². The summed E-state index contributed by atoms with van der Waals surface area (Å²) in [5.41, 5.74) is -1.36. The molecule has 3 nitrogen and oxygen atoms in total. The zero-order valence-corrected chi connectivity index (χ0v) is 9.49. The molecule has 2 N–H and O–H groups in total. The van der Waals surface area contributed by atoms with Crippen LogP contribution in [0.15, 0.2) is 0 Å². The van der Waals surface area contributed by atoms with Gasteiger partial charge >= 0.3 is 18.0 Å². The summed E-state index contributed by atoms with van der Waals surface area (Å²) in [6.07, 6.45) is -3.60. The predicted molar refractivity (Wildman–Crippen MR) is 52.0 cm³/mol. The quantitative estimate of drug-likeness (QED) is 0.774. The molecular formula is C10H14F5NO2. The third-order valence-corrected chi connectivity index (χ3v) is 3.13. The lowest BCUT2D eigenvalue weighted by Crippen LogP contribution is -2.60. The van der Waals surface area contributed by atoms with Gasteiger partial charge in [0.1, 0.15) is 0 Å². The van der Waals surface area contributed by atoms with Crippen molar-refractivity contribution >= 4 is 5.91 Å². The first-order chi connectivity index (χ1) is 8.15. The number of hydrogen-bond acceptors (Lipinski definition) is 2. The molecule has 0 unspecified atom stereocenters. The number of amides is 1. The first kappa shape index (κ1) is 15.1. The van der Waals surface area contributed by atoms with Gasteiger partial charge in [0, 0.05) is 0 Å². The molecule has 0 spiro atoms. The second-order valence-corrected chi connectivity index (χ2v) is 4.53. The van der Waals surface area contributed by atoms with Crippen LogP contribution in [0.4, 0.5) is 22.0 Å². The average molecular weight is 275 g/mol. The molecule has 1 rings (SSSR count). The number of carbonyl (C=O) groups excluding carboxylic acids is 1. The highest BCUT2D eigenvalue weighted by Crippen LogP contribution is 2.37. The Kier molecular flexibility index (Phi) is 4.19. The minimum absolute atomic E-state index is 0.198. The van der Waals surface area contributed by atoms with Gasteiger partial charge in [0.25, 0.3) is 0 Å². The topological polar surface area (TPSA) is 49.3 Å². The maximum absolute atomic E-state index is 12.8. The molecule has 0 heterocycles. The highest BCUT2D eigenvalue weighted by Gasteiger charge is 2.64. The first-order valence-electron chi connectivity index (χ1n) is 5.53. The largest absolute Gasteiger partial charge is 0.463 e. The van der Waals surface area contributed by atoms with Crippen molar-refractivity contribution in [3.63, 3.8) is 0 Å². The first-order valence-corrected chi connectivity index (χ1v) is 5.53. The molecule has 106 valence electrons. The summed E-state index contributed by atoms with van der Waals surface area (Å²) in [5, 5.41) is 10.8. The third kappa shape index (κ3) is 2.90. The lowest BCUT2D eigenvalue weighted by Gasteiger charge is -2.37. The molecule has 0 radical (unpaired) electrons. The molecule has 0 aliphatic heterocycles. The Labute approximate surface area is 100 Å². The van der Waals surface area contributed by atoms with Crippen LogP contribution in [0.1, 0.15) is 32.1 Å². The highest BCUT2D eigenvalue weighted by molar-refractivity contribution is 5.85. The summed E-state index contributed by atoms with van der Waals surface area (Å²) in [5.74, 6) is -7.84. The van der Waals surface area contributed by atoms with Gasteiger partial charge in [-0.05, 0) is 12.8 Å². The van der Waals surface area contributed by atoms with Crippen LogP contribution in [0, 0.1) is 0 Å². The van der Waals surface area contributed by atoms with Gasteiger partial charge in [-0.3, -0.25) is 4.79 Å². The summed E-state index contributed by atoms with van der Waals surface area (Å²) in [7, 11) is 0. The summed E-state index contributed by atoms with van der Waals surface area (Å²) in [6, 6.07) is 0. The Balaban J connectivity index is 2.79. The summed E-state index contributed by atoms with van der Waals surface area (Å²) in [6.45, 7) is -0.646. The standard InChI is InChI=1S/C10H14F5NO2/c11-9(12,10(13,14)15)7(18)16-8(6-17)4-2-1-3-5-8/h17H,1-6H2,(H,16,18). The number of rotatable bonds is 3. The summed E-state index contributed by atoms with van der Waals surface area (Å²) < 4.78 is 61.5. The fourth-order valence-corrected chi connectivity index (χ4v) is 2.00. The lowest BCUT2D eigenvalue weighted by atomic mass is 9.82. The molecule has 0 atom stereocenters. The number of aliphatic hydroxyl groups excluding tert-OH is 1. The Morgan fingerprint density at radius 1 is 1.11 bits per heavy atom. The maximum Gasteiger partial charge on any atom is 0.463 e. The number of carbonyl (C=O) groups is 1. The van der Waals surface area contributed by atoms with Gasteiger partial charge < -0.3 is 10.4 Å². The molecule has 1 aliphatic carbocycles. The molecule has 0 aromatic carbocycles. The van der Waals surface area contributed by atoms with E-state index in [0.29, 0.717) is 12.8 Å². The zero-order valence-electron chi connectivity index (χ0n) is 9.49. The summed E-state index contributed by atoms with van der Waals surface area (Å²) >= 11 is 0. The van der Waals surface area contributed by atoms with Gasteiger partial charge in [0.15, 0.2) is 0 Å². The van der Waals surface area contributed by atoms with E-state index in [1.807, 2.05) is 0 Å². The van der Waals surface area contributed by atoms with Gasteiger partial charge in [0.2, 0.25) is 0 Å². The number of halogens is 5. The lowest BCUT2D eigenvalue weighted by molar-refractivity contribution is -0.270. The van der Waals surface area contributed by atoms with E-state index >= 15 is 0 Å². The minimum Gasteiger partial charge on any atom is -0.394 e. The zero-order chi connectivity index (χ0) is 14.0. The van der Waals surface area contributed by atoms with E-state index in [9.17, 15) is 26.7 Å². The van der Waals surface area contributed by atoms with Crippen molar-refractivity contribution in [3.8, 4) is 0 Å². The number of nitrogens with one attached hydrogen (secondary N) is 1. The van der Waals surface area contributed by atoms with Crippen molar-refractivity contribution in [2.24, 2.45) is 0 Å². The molecule has 0 saturated heterocycles. The Bertz CT molecular complexity index is 310. The molecule has 18 heavy (non-hydrogen) atoms. The van der Waals surface area contributed by atoms with Crippen molar-refractivity contribution in [1.82, 2.24) is 5.32 Å². The molecule has 1 aliphatic rings. The van der Waals surface area contributed by atoms with E-state index in [2.05, 4.69) is 0 Å². The van der Waals surface area contributed by atoms with E-state index < -0.39 is 30.2 Å². The van der Waals surface area contributed by atoms with E-state index in [1.165, 1.54) is 0 Å². The molecular weight excluding hydrogens is 261 g/mol. The normalized spacial score (nSPS) is 20.6. The van der Waals surface area contributed by atoms with Crippen LogP contribution in [-0.2, 0) is 4.79 Å². The van der Waals surface area contributed by atoms with Gasteiger partial charge in [-0.15, -0.1) is 0 Å². The monoisotopic (exact) mass is 275 g/mol. The van der Waals surface area contributed by atoms with Crippen LogP contribution >= 0.6 is 0 Å². The Morgan fingerprint density at radius 2 is 1.61 bits per heavy atom. The fraction of sp³-hybridized carbons (Fsp3) is 0.900. The molecule has 0 bridgehead atoms. The van der Waals surface area contributed by atoms with Crippen LogP contribution in [0.2, 0.25) is 0 Å². The smallest absolute Gasteiger partial charge is 0.394 e. The SMILES string of the molecule is O=C(NC1(CO)CCCCC1)C(F)(F)C(F)(F)F. The van der Waals surface area contributed by atoms with Crippen molar-refractivity contribution < 1.29 is 31.9 Å². The van der Waals surface area contributed by atoms with E-state index in [0.717, 1.165) is 6.42 Å². The second-order valence-electron chi connectivity index (χ2n) is 4.53. The third-order valence-electron chi connectivity index (χ3n) is 3.13. The Hall–Kier alpha value is -0.920. The van der Waals surface area contributed by atoms with E-state index in [-0.39, 0.29) is 12.8 Å². The second kappa shape index (κ2) is 4.99.